The summed E-state index contributed by atoms with van der Waals surface area (Å²) < 4.78 is 28.3. The van der Waals surface area contributed by atoms with Crippen molar-refractivity contribution >= 4 is 50.1 Å². The molecule has 2 aliphatic rings. The number of aromatic nitrogens is 3. The quantitative estimate of drug-likeness (QED) is 0.351. The Bertz CT molecular complexity index is 1720. The molecule has 1 amide bonds. The van der Waals surface area contributed by atoms with E-state index in [2.05, 4.69) is 32.0 Å². The summed E-state index contributed by atoms with van der Waals surface area (Å²) in [7, 11) is -4.03. The summed E-state index contributed by atoms with van der Waals surface area (Å²) in [6.45, 7) is 1.88. The molecule has 0 radical (unpaired) electrons. The number of rotatable bonds is 6. The van der Waals surface area contributed by atoms with Crippen LogP contribution in [0.3, 0.4) is 0 Å². The number of carbonyl (C=O) groups excluding carboxylic acids is 1. The van der Waals surface area contributed by atoms with E-state index < -0.39 is 10.0 Å². The summed E-state index contributed by atoms with van der Waals surface area (Å²) in [6, 6.07) is 14.4. The smallest absolute Gasteiger partial charge is 0.269 e. The van der Waals surface area contributed by atoms with Crippen molar-refractivity contribution in [1.29, 1.82) is 5.26 Å². The lowest BCUT2D eigenvalue weighted by Gasteiger charge is -2.18. The fraction of sp³-hybridized carbons (Fsp3) is 0.231. The number of amides is 1. The lowest BCUT2D eigenvalue weighted by molar-refractivity contribution is -0.116. The van der Waals surface area contributed by atoms with E-state index in [0.29, 0.717) is 29.7 Å². The Labute approximate surface area is 213 Å². The molecular formula is C26H23N7O3S. The van der Waals surface area contributed by atoms with Gasteiger partial charge in [-0.05, 0) is 62.1 Å². The molecule has 1 aliphatic heterocycles. The van der Waals surface area contributed by atoms with Gasteiger partial charge in [0.25, 0.3) is 10.0 Å². The molecule has 1 saturated carbocycles. The van der Waals surface area contributed by atoms with E-state index in [-0.39, 0.29) is 34.0 Å². The van der Waals surface area contributed by atoms with Crippen molar-refractivity contribution < 1.29 is 13.2 Å². The van der Waals surface area contributed by atoms with E-state index in [1.807, 2.05) is 19.1 Å². The maximum absolute atomic E-state index is 13.6. The molecule has 1 fully saturated rings. The first-order valence-corrected chi connectivity index (χ1v) is 13.4. The number of anilines is 4. The molecule has 0 atom stereocenters. The number of hydrogen-bond acceptors (Lipinski definition) is 8. The van der Waals surface area contributed by atoms with Crippen molar-refractivity contribution in [3.8, 4) is 6.07 Å². The maximum atomic E-state index is 13.6. The number of nitrogens with one attached hydrogen (secondary N) is 3. The normalized spacial score (nSPS) is 15.1. The van der Waals surface area contributed by atoms with Crippen molar-refractivity contribution in [2.45, 2.75) is 43.5 Å². The molecule has 37 heavy (non-hydrogen) atoms. The molecule has 2 aromatic carbocycles. The van der Waals surface area contributed by atoms with E-state index in [1.165, 1.54) is 18.3 Å². The van der Waals surface area contributed by atoms with Crippen LogP contribution in [0.1, 0.15) is 36.0 Å². The van der Waals surface area contributed by atoms with E-state index in [4.69, 9.17) is 0 Å². The first kappa shape index (κ1) is 23.0. The van der Waals surface area contributed by atoms with Crippen LogP contribution in [-0.2, 0) is 21.2 Å². The van der Waals surface area contributed by atoms with Gasteiger partial charge >= 0.3 is 0 Å². The Hall–Kier alpha value is -4.43. The minimum Gasteiger partial charge on any atom is -0.367 e. The number of benzene rings is 2. The molecule has 0 saturated heterocycles. The van der Waals surface area contributed by atoms with Crippen LogP contribution >= 0.6 is 0 Å². The van der Waals surface area contributed by atoms with Crippen LogP contribution in [0.15, 0.2) is 53.6 Å². The average Bonchev–Trinajstić information content (AvgIpc) is 3.61. The highest BCUT2D eigenvalue weighted by Gasteiger charge is 2.28. The molecule has 0 unspecified atom stereocenters. The van der Waals surface area contributed by atoms with Crippen LogP contribution in [-0.4, -0.2) is 34.3 Å². The molecule has 11 heteroatoms. The Morgan fingerprint density at radius 3 is 2.62 bits per heavy atom. The van der Waals surface area contributed by atoms with Gasteiger partial charge in [0.1, 0.15) is 11.9 Å². The lowest BCUT2D eigenvalue weighted by atomic mass is 10.0. The summed E-state index contributed by atoms with van der Waals surface area (Å²) in [5.74, 6) is 0.592. The van der Waals surface area contributed by atoms with E-state index >= 15 is 0 Å². The number of hydrogen-bond donors (Lipinski definition) is 3. The molecule has 3 heterocycles. The van der Waals surface area contributed by atoms with Crippen LogP contribution in [0.5, 0.6) is 0 Å². The third-order valence-corrected chi connectivity index (χ3v) is 8.15. The lowest BCUT2D eigenvalue weighted by Crippen LogP contribution is -2.18. The molecule has 10 nitrogen and oxygen atoms in total. The Kier molecular flexibility index (Phi) is 5.35. The van der Waals surface area contributed by atoms with Gasteiger partial charge in [-0.2, -0.15) is 15.2 Å². The third-order valence-electron chi connectivity index (χ3n) is 6.49. The number of nitriles is 1. The van der Waals surface area contributed by atoms with E-state index in [1.54, 1.807) is 18.2 Å². The molecule has 3 N–H and O–H groups in total. The van der Waals surface area contributed by atoms with Gasteiger partial charge in [-0.25, -0.2) is 12.4 Å². The highest BCUT2D eigenvalue weighted by atomic mass is 32.2. The molecule has 2 aromatic heterocycles. The highest BCUT2D eigenvalue weighted by molar-refractivity contribution is 7.90. The molecule has 0 spiro atoms. The number of fused-ring (bicyclic) bond motifs is 2. The van der Waals surface area contributed by atoms with Crippen molar-refractivity contribution in [3.63, 3.8) is 0 Å². The van der Waals surface area contributed by atoms with Gasteiger partial charge in [0.05, 0.1) is 15.8 Å². The summed E-state index contributed by atoms with van der Waals surface area (Å²) in [4.78, 5) is 21.0. The fourth-order valence-corrected chi connectivity index (χ4v) is 5.67. The van der Waals surface area contributed by atoms with Crippen LogP contribution in [0.2, 0.25) is 0 Å². The maximum Gasteiger partial charge on any atom is 0.269 e. The number of aryl methyl sites for hydroxylation is 2. The second-order valence-corrected chi connectivity index (χ2v) is 11.1. The monoisotopic (exact) mass is 513 g/mol. The molecule has 6 rings (SSSR count). The Morgan fingerprint density at radius 1 is 1.11 bits per heavy atom. The standard InChI is InChI=1S/C26H23N7O3S/c1-15-2-8-20(9-3-15)37(35,36)33-14-17(13-27)23-24(28-18-5-6-18)31-26(32-25(23)33)29-19-7-10-21-16(12-19)4-11-22(34)30-21/h2-3,7-10,12,14,18H,4-6,11H2,1H3,(H,30,34)(H2,28,29,31,32). The zero-order chi connectivity index (χ0) is 25.7. The molecule has 4 aromatic rings. The van der Waals surface area contributed by atoms with Gasteiger partial charge in [-0.1, -0.05) is 17.7 Å². The SMILES string of the molecule is Cc1ccc(S(=O)(=O)n2cc(C#N)c3c(NC4CC4)nc(Nc4ccc5c(c4)CCC(=O)N5)nc32)cc1. The number of nitrogens with zero attached hydrogens (tertiary/aromatic N) is 4. The second kappa shape index (κ2) is 8.60. The van der Waals surface area contributed by atoms with Gasteiger partial charge in [-0.3, -0.25) is 4.79 Å². The number of carbonyl (C=O) groups is 1. The van der Waals surface area contributed by atoms with Gasteiger partial charge in [0, 0.05) is 30.0 Å². The van der Waals surface area contributed by atoms with E-state index in [0.717, 1.165) is 33.6 Å². The summed E-state index contributed by atoms with van der Waals surface area (Å²) >= 11 is 0. The summed E-state index contributed by atoms with van der Waals surface area (Å²) in [6.07, 6.45) is 4.27. The fourth-order valence-electron chi connectivity index (χ4n) is 4.36. The largest absolute Gasteiger partial charge is 0.367 e. The van der Waals surface area contributed by atoms with Crippen molar-refractivity contribution in [2.24, 2.45) is 0 Å². The molecule has 0 bridgehead atoms. The minimum absolute atomic E-state index is 0.0124. The predicted molar refractivity (Wildman–Crippen MR) is 139 cm³/mol. The minimum atomic E-state index is -4.03. The first-order valence-electron chi connectivity index (χ1n) is 11.9. The molecule has 1 aliphatic carbocycles. The second-order valence-electron chi connectivity index (χ2n) is 9.33. The zero-order valence-corrected chi connectivity index (χ0v) is 20.8. The predicted octanol–water partition coefficient (Wildman–Crippen LogP) is 4.05. The van der Waals surface area contributed by atoms with Gasteiger partial charge < -0.3 is 16.0 Å². The first-order chi connectivity index (χ1) is 17.8. The van der Waals surface area contributed by atoms with Crippen molar-refractivity contribution in [3.05, 3.63) is 65.4 Å². The molecule has 186 valence electrons. The summed E-state index contributed by atoms with van der Waals surface area (Å²) in [5.41, 5.74) is 3.67. The topological polar surface area (TPSA) is 142 Å². The van der Waals surface area contributed by atoms with Gasteiger partial charge in [-0.15, -0.1) is 0 Å². The van der Waals surface area contributed by atoms with Crippen molar-refractivity contribution in [2.75, 3.05) is 16.0 Å². The van der Waals surface area contributed by atoms with Crippen LogP contribution in [0, 0.1) is 18.3 Å². The van der Waals surface area contributed by atoms with Crippen LogP contribution in [0.4, 0.5) is 23.1 Å². The Balaban J connectivity index is 1.48. The van der Waals surface area contributed by atoms with Crippen molar-refractivity contribution in [1.82, 2.24) is 13.9 Å². The zero-order valence-electron chi connectivity index (χ0n) is 19.9. The van der Waals surface area contributed by atoms with Crippen LogP contribution in [0.25, 0.3) is 11.0 Å². The van der Waals surface area contributed by atoms with Gasteiger partial charge in [0.15, 0.2) is 5.65 Å². The molecular weight excluding hydrogens is 490 g/mol. The Morgan fingerprint density at radius 2 is 1.89 bits per heavy atom. The average molecular weight is 514 g/mol. The van der Waals surface area contributed by atoms with E-state index in [9.17, 15) is 18.5 Å². The van der Waals surface area contributed by atoms with Gasteiger partial charge in [0.2, 0.25) is 11.9 Å². The summed E-state index contributed by atoms with van der Waals surface area (Å²) in [5, 5.41) is 19.6. The highest BCUT2D eigenvalue weighted by Crippen LogP contribution is 2.34. The third kappa shape index (κ3) is 4.25. The van der Waals surface area contributed by atoms with Crippen LogP contribution < -0.4 is 16.0 Å².